The first-order valence-corrected chi connectivity index (χ1v) is 6.68. The van der Waals surface area contributed by atoms with Crippen molar-refractivity contribution in [3.8, 4) is 0 Å². The van der Waals surface area contributed by atoms with E-state index in [1.165, 1.54) is 0 Å². The highest BCUT2D eigenvalue weighted by Gasteiger charge is 2.31. The maximum absolute atomic E-state index is 10.9. The molecule has 3 rings (SSSR count). The minimum atomic E-state index is -0.973. The van der Waals surface area contributed by atoms with Crippen LogP contribution < -0.4 is 0 Å². The maximum Gasteiger partial charge on any atom is 0.113 e. The van der Waals surface area contributed by atoms with Gasteiger partial charge >= 0.3 is 0 Å². The first-order valence-electron chi connectivity index (χ1n) is 5.89. The SMILES string of the molecule is C[C@]1(O)c2ccccc2C=Cc2ccc(Br)cc21. The average Bonchev–Trinajstić information content (AvgIpc) is 2.47. The maximum atomic E-state index is 10.9. The standard InChI is InChI=1S/C16H13BrO/c1-16(18)14-5-3-2-4-11(14)6-7-12-8-9-13(17)10-15(12)16/h2-10,18H,1H3/t16-/m0/s1. The lowest BCUT2D eigenvalue weighted by molar-refractivity contribution is 0.102. The van der Waals surface area contributed by atoms with Gasteiger partial charge in [-0.3, -0.25) is 0 Å². The molecule has 18 heavy (non-hydrogen) atoms. The zero-order chi connectivity index (χ0) is 12.8. The van der Waals surface area contributed by atoms with E-state index in [0.717, 1.165) is 26.7 Å². The first-order chi connectivity index (χ1) is 8.59. The number of fused-ring (bicyclic) bond motifs is 2. The molecule has 1 aliphatic carbocycles. The van der Waals surface area contributed by atoms with Gasteiger partial charge in [0.2, 0.25) is 0 Å². The Bertz CT molecular complexity index is 641. The molecule has 0 heterocycles. The normalized spacial score (nSPS) is 21.1. The van der Waals surface area contributed by atoms with Crippen molar-refractivity contribution in [2.45, 2.75) is 12.5 Å². The zero-order valence-electron chi connectivity index (χ0n) is 10.0. The molecular weight excluding hydrogens is 288 g/mol. The lowest BCUT2D eigenvalue weighted by Gasteiger charge is -2.26. The molecule has 0 bridgehead atoms. The van der Waals surface area contributed by atoms with Crippen LogP contribution in [0.2, 0.25) is 0 Å². The van der Waals surface area contributed by atoms with Crippen molar-refractivity contribution < 1.29 is 5.11 Å². The van der Waals surface area contributed by atoms with Gasteiger partial charge in [0.1, 0.15) is 5.60 Å². The van der Waals surface area contributed by atoms with Crippen LogP contribution in [0, 0.1) is 0 Å². The minimum absolute atomic E-state index is 0.929. The number of benzene rings is 2. The summed E-state index contributed by atoms with van der Waals surface area (Å²) in [5.41, 5.74) is 3.02. The summed E-state index contributed by atoms with van der Waals surface area (Å²) in [4.78, 5) is 0. The smallest absolute Gasteiger partial charge is 0.113 e. The minimum Gasteiger partial charge on any atom is -0.381 e. The first kappa shape index (κ1) is 11.7. The molecule has 0 aliphatic heterocycles. The summed E-state index contributed by atoms with van der Waals surface area (Å²) in [5, 5.41) is 10.9. The second-order valence-electron chi connectivity index (χ2n) is 4.72. The van der Waals surface area contributed by atoms with Gasteiger partial charge in [0.05, 0.1) is 0 Å². The molecule has 1 aliphatic rings. The fraction of sp³-hybridized carbons (Fsp3) is 0.125. The van der Waals surface area contributed by atoms with Crippen LogP contribution in [0.3, 0.4) is 0 Å². The predicted octanol–water partition coefficient (Wildman–Crippen LogP) is 4.19. The van der Waals surface area contributed by atoms with Gasteiger partial charge in [0, 0.05) is 4.47 Å². The highest BCUT2D eigenvalue weighted by Crippen LogP contribution is 2.38. The molecule has 0 aromatic heterocycles. The highest BCUT2D eigenvalue weighted by atomic mass is 79.9. The van der Waals surface area contributed by atoms with Crippen LogP contribution in [0.1, 0.15) is 29.2 Å². The van der Waals surface area contributed by atoms with Gasteiger partial charge in [0.25, 0.3) is 0 Å². The molecule has 2 heteroatoms. The van der Waals surface area contributed by atoms with Crippen molar-refractivity contribution in [1.82, 2.24) is 0 Å². The quantitative estimate of drug-likeness (QED) is 0.773. The van der Waals surface area contributed by atoms with E-state index in [0.29, 0.717) is 0 Å². The third kappa shape index (κ3) is 1.73. The Hall–Kier alpha value is -1.38. The molecule has 0 saturated carbocycles. The molecule has 2 aromatic carbocycles. The van der Waals surface area contributed by atoms with Crippen LogP contribution in [-0.4, -0.2) is 5.11 Å². The second-order valence-corrected chi connectivity index (χ2v) is 5.64. The van der Waals surface area contributed by atoms with Gasteiger partial charge in [-0.15, -0.1) is 0 Å². The summed E-state index contributed by atoms with van der Waals surface area (Å²) in [6.07, 6.45) is 4.12. The van der Waals surface area contributed by atoms with Gasteiger partial charge in [0.15, 0.2) is 0 Å². The number of halogens is 1. The summed E-state index contributed by atoms with van der Waals surface area (Å²) in [6, 6.07) is 14.0. The molecule has 0 spiro atoms. The number of aliphatic hydroxyl groups is 1. The topological polar surface area (TPSA) is 20.2 Å². The van der Waals surface area contributed by atoms with Crippen LogP contribution >= 0.6 is 15.9 Å². The van der Waals surface area contributed by atoms with Crippen molar-refractivity contribution in [2.75, 3.05) is 0 Å². The summed E-state index contributed by atoms with van der Waals surface area (Å²) >= 11 is 3.47. The summed E-state index contributed by atoms with van der Waals surface area (Å²) in [6.45, 7) is 1.85. The van der Waals surface area contributed by atoms with E-state index in [1.807, 2.05) is 49.4 Å². The third-order valence-corrected chi connectivity index (χ3v) is 3.96. The Balaban J connectivity index is 2.34. The molecule has 1 atom stereocenters. The number of hydrogen-bond acceptors (Lipinski definition) is 1. The van der Waals surface area contributed by atoms with Gasteiger partial charge < -0.3 is 5.11 Å². The molecule has 0 unspecified atom stereocenters. The monoisotopic (exact) mass is 300 g/mol. The van der Waals surface area contributed by atoms with Crippen molar-refractivity contribution in [1.29, 1.82) is 0 Å². The summed E-state index contributed by atoms with van der Waals surface area (Å²) in [7, 11) is 0. The third-order valence-electron chi connectivity index (χ3n) is 3.47. The molecule has 0 fully saturated rings. The fourth-order valence-electron chi connectivity index (χ4n) is 2.51. The lowest BCUT2D eigenvalue weighted by atomic mass is 9.85. The molecule has 0 amide bonds. The van der Waals surface area contributed by atoms with Crippen molar-refractivity contribution in [3.63, 3.8) is 0 Å². The van der Waals surface area contributed by atoms with Crippen molar-refractivity contribution in [2.24, 2.45) is 0 Å². The zero-order valence-corrected chi connectivity index (χ0v) is 11.6. The Morgan fingerprint density at radius 2 is 1.61 bits per heavy atom. The molecule has 1 N–H and O–H groups in total. The van der Waals surface area contributed by atoms with Gasteiger partial charge in [-0.2, -0.15) is 0 Å². The second kappa shape index (κ2) is 4.08. The molecule has 0 saturated heterocycles. The van der Waals surface area contributed by atoms with Gasteiger partial charge in [-0.25, -0.2) is 0 Å². The van der Waals surface area contributed by atoms with E-state index in [2.05, 4.69) is 28.1 Å². The van der Waals surface area contributed by atoms with Crippen molar-refractivity contribution >= 4 is 28.1 Å². The predicted molar refractivity (Wildman–Crippen MR) is 78.2 cm³/mol. The number of hydrogen-bond donors (Lipinski definition) is 1. The van der Waals surface area contributed by atoms with E-state index in [4.69, 9.17) is 0 Å². The Morgan fingerprint density at radius 1 is 0.944 bits per heavy atom. The highest BCUT2D eigenvalue weighted by molar-refractivity contribution is 9.10. The van der Waals surface area contributed by atoms with Crippen LogP contribution in [0.5, 0.6) is 0 Å². The fourth-order valence-corrected chi connectivity index (χ4v) is 2.87. The Labute approximate surface area is 115 Å². The largest absolute Gasteiger partial charge is 0.381 e. The van der Waals surface area contributed by atoms with Gasteiger partial charge in [-0.1, -0.05) is 58.4 Å². The molecule has 2 aromatic rings. The molecular formula is C16H13BrO. The van der Waals surface area contributed by atoms with Crippen molar-refractivity contribution in [3.05, 3.63) is 69.2 Å². The van der Waals surface area contributed by atoms with E-state index in [-0.39, 0.29) is 0 Å². The van der Waals surface area contributed by atoms with E-state index >= 15 is 0 Å². The Kier molecular flexibility index (Phi) is 2.65. The molecule has 1 nitrogen and oxygen atoms in total. The van der Waals surface area contributed by atoms with Gasteiger partial charge in [-0.05, 0) is 41.3 Å². The summed E-state index contributed by atoms with van der Waals surface area (Å²) in [5.74, 6) is 0. The lowest BCUT2D eigenvalue weighted by Crippen LogP contribution is -2.24. The van der Waals surface area contributed by atoms with Crippen LogP contribution in [0.15, 0.2) is 46.9 Å². The van der Waals surface area contributed by atoms with E-state index in [9.17, 15) is 5.11 Å². The van der Waals surface area contributed by atoms with E-state index < -0.39 is 5.60 Å². The molecule has 0 radical (unpaired) electrons. The van der Waals surface area contributed by atoms with Crippen LogP contribution in [0.25, 0.3) is 12.2 Å². The van der Waals surface area contributed by atoms with E-state index in [1.54, 1.807) is 0 Å². The molecule has 90 valence electrons. The number of rotatable bonds is 0. The summed E-state index contributed by atoms with van der Waals surface area (Å²) < 4.78 is 0.981. The van der Waals surface area contributed by atoms with Crippen LogP contribution in [-0.2, 0) is 5.60 Å². The average molecular weight is 301 g/mol. The van der Waals surface area contributed by atoms with Crippen LogP contribution in [0.4, 0.5) is 0 Å². The Morgan fingerprint density at radius 3 is 2.39 bits per heavy atom.